The molecule has 0 bridgehead atoms. The molecule has 116 valence electrons. The predicted molar refractivity (Wildman–Crippen MR) is 77.9 cm³/mol. The lowest BCUT2D eigenvalue weighted by Gasteiger charge is -2.35. The van der Waals surface area contributed by atoms with E-state index in [9.17, 15) is 9.59 Å². The maximum absolute atomic E-state index is 12.3. The van der Waals surface area contributed by atoms with Gasteiger partial charge in [-0.05, 0) is 19.3 Å². The van der Waals surface area contributed by atoms with E-state index in [1.807, 2.05) is 0 Å². The van der Waals surface area contributed by atoms with Gasteiger partial charge in [-0.15, -0.1) is 12.4 Å². The summed E-state index contributed by atoms with van der Waals surface area (Å²) in [6.07, 6.45) is 3.16. The Morgan fingerprint density at radius 1 is 1.40 bits per heavy atom. The number of piperidine rings is 1. The van der Waals surface area contributed by atoms with Crippen molar-refractivity contribution in [2.75, 3.05) is 33.4 Å². The Kier molecular flexibility index (Phi) is 7.26. The first-order valence-corrected chi connectivity index (χ1v) is 7.04. The van der Waals surface area contributed by atoms with E-state index in [4.69, 9.17) is 4.74 Å². The Balaban J connectivity index is 0.00000200. The average molecular weight is 306 g/mol. The highest BCUT2D eigenvalue weighted by Gasteiger charge is 2.32. The van der Waals surface area contributed by atoms with Crippen LogP contribution >= 0.6 is 12.4 Å². The number of likely N-dealkylation sites (tertiary alicyclic amines) is 1. The van der Waals surface area contributed by atoms with Crippen molar-refractivity contribution in [3.8, 4) is 0 Å². The molecule has 0 radical (unpaired) electrons. The molecule has 2 rings (SSSR count). The third kappa shape index (κ3) is 4.33. The second kappa shape index (κ2) is 8.44. The minimum atomic E-state index is -0.296. The van der Waals surface area contributed by atoms with Crippen LogP contribution in [0, 0.1) is 0 Å². The van der Waals surface area contributed by atoms with Crippen LogP contribution in [0.3, 0.4) is 0 Å². The van der Waals surface area contributed by atoms with Gasteiger partial charge in [0, 0.05) is 32.6 Å². The van der Waals surface area contributed by atoms with Gasteiger partial charge in [0.25, 0.3) is 0 Å². The van der Waals surface area contributed by atoms with Crippen molar-refractivity contribution in [3.63, 3.8) is 0 Å². The minimum absolute atomic E-state index is 0. The second-order valence-electron chi connectivity index (χ2n) is 5.14. The summed E-state index contributed by atoms with van der Waals surface area (Å²) >= 11 is 0. The summed E-state index contributed by atoms with van der Waals surface area (Å²) in [7, 11) is 1.62. The van der Waals surface area contributed by atoms with Gasteiger partial charge in [0.2, 0.25) is 11.8 Å². The molecule has 2 saturated heterocycles. The zero-order valence-corrected chi connectivity index (χ0v) is 12.7. The third-order valence-electron chi connectivity index (χ3n) is 3.79. The average Bonchev–Trinajstić information content (AvgIpc) is 2.47. The lowest BCUT2D eigenvalue weighted by atomic mass is 10.00. The molecular weight excluding hydrogens is 282 g/mol. The summed E-state index contributed by atoms with van der Waals surface area (Å²) < 4.78 is 5.35. The summed E-state index contributed by atoms with van der Waals surface area (Å²) in [5, 5.41) is 5.92. The number of rotatable bonds is 3. The van der Waals surface area contributed by atoms with Gasteiger partial charge in [0.05, 0.1) is 13.2 Å². The number of ether oxygens (including phenoxy) is 1. The van der Waals surface area contributed by atoms with Gasteiger partial charge in [-0.25, -0.2) is 0 Å². The van der Waals surface area contributed by atoms with E-state index < -0.39 is 0 Å². The molecule has 20 heavy (non-hydrogen) atoms. The molecule has 6 nitrogen and oxygen atoms in total. The van der Waals surface area contributed by atoms with Crippen molar-refractivity contribution in [1.82, 2.24) is 15.5 Å². The Bertz CT molecular complexity index is 335. The van der Waals surface area contributed by atoms with Crippen LogP contribution in [-0.4, -0.2) is 62.1 Å². The number of nitrogens with zero attached hydrogens (tertiary/aromatic N) is 1. The molecule has 2 aliphatic rings. The van der Waals surface area contributed by atoms with Crippen LogP contribution in [0.15, 0.2) is 0 Å². The number of hydrogen-bond donors (Lipinski definition) is 2. The molecule has 0 aliphatic carbocycles. The molecule has 2 fully saturated rings. The molecular formula is C13H24ClN3O3. The van der Waals surface area contributed by atoms with Crippen molar-refractivity contribution in [2.45, 2.75) is 37.8 Å². The fraction of sp³-hybridized carbons (Fsp3) is 0.846. The fourth-order valence-corrected chi connectivity index (χ4v) is 2.75. The number of carbonyl (C=O) groups excluding carboxylic acids is 2. The molecule has 2 atom stereocenters. The smallest absolute Gasteiger partial charge is 0.242 e. The zero-order chi connectivity index (χ0) is 13.7. The normalized spacial score (nSPS) is 26.6. The van der Waals surface area contributed by atoms with Crippen molar-refractivity contribution in [3.05, 3.63) is 0 Å². The van der Waals surface area contributed by atoms with Gasteiger partial charge in [-0.1, -0.05) is 0 Å². The summed E-state index contributed by atoms with van der Waals surface area (Å²) in [5.74, 6) is -0.00259. The van der Waals surface area contributed by atoms with E-state index >= 15 is 0 Å². The van der Waals surface area contributed by atoms with Gasteiger partial charge in [-0.2, -0.15) is 0 Å². The number of carbonyl (C=O) groups is 2. The first-order valence-electron chi connectivity index (χ1n) is 7.04. The molecule has 2 aliphatic heterocycles. The molecule has 0 aromatic rings. The summed E-state index contributed by atoms with van der Waals surface area (Å²) in [5.41, 5.74) is 0. The Hall–Kier alpha value is -0.850. The molecule has 2 unspecified atom stereocenters. The van der Waals surface area contributed by atoms with Crippen LogP contribution in [0.4, 0.5) is 0 Å². The minimum Gasteiger partial charge on any atom is -0.378 e. The van der Waals surface area contributed by atoms with Crippen LogP contribution in [0.2, 0.25) is 0 Å². The Morgan fingerprint density at radius 2 is 2.20 bits per heavy atom. The van der Waals surface area contributed by atoms with Gasteiger partial charge in [-0.3, -0.25) is 9.59 Å². The molecule has 0 spiro atoms. The van der Waals surface area contributed by atoms with E-state index in [-0.39, 0.29) is 36.3 Å². The molecule has 2 heterocycles. The standard InChI is InChI=1S/C13H23N3O3.ClH/c1-14-13(18)11-4-2-3-6-16(11)12(17)8-10-9-19-7-5-15-10;/h10-11,15H,2-9H2,1H3,(H,14,18);1H. The number of morpholine rings is 1. The topological polar surface area (TPSA) is 70.7 Å². The summed E-state index contributed by atoms with van der Waals surface area (Å²) in [4.78, 5) is 25.9. The first kappa shape index (κ1) is 17.2. The van der Waals surface area contributed by atoms with Crippen molar-refractivity contribution >= 4 is 24.2 Å². The highest BCUT2D eigenvalue weighted by atomic mass is 35.5. The van der Waals surface area contributed by atoms with E-state index in [0.29, 0.717) is 26.2 Å². The lowest BCUT2D eigenvalue weighted by molar-refractivity contribution is -0.143. The zero-order valence-electron chi connectivity index (χ0n) is 11.9. The van der Waals surface area contributed by atoms with Crippen LogP contribution in [0.1, 0.15) is 25.7 Å². The van der Waals surface area contributed by atoms with Gasteiger partial charge < -0.3 is 20.3 Å². The van der Waals surface area contributed by atoms with E-state index in [0.717, 1.165) is 25.8 Å². The molecule has 7 heteroatoms. The SMILES string of the molecule is CNC(=O)C1CCCCN1C(=O)CC1COCCN1.Cl. The van der Waals surface area contributed by atoms with Crippen LogP contribution in [-0.2, 0) is 14.3 Å². The molecule has 2 N–H and O–H groups in total. The number of nitrogens with one attached hydrogen (secondary N) is 2. The fourth-order valence-electron chi connectivity index (χ4n) is 2.75. The Labute approximate surface area is 126 Å². The van der Waals surface area contributed by atoms with E-state index in [1.165, 1.54) is 0 Å². The molecule has 0 aromatic carbocycles. The second-order valence-corrected chi connectivity index (χ2v) is 5.14. The molecule has 0 saturated carbocycles. The van der Waals surface area contributed by atoms with Crippen molar-refractivity contribution in [2.24, 2.45) is 0 Å². The highest BCUT2D eigenvalue weighted by Crippen LogP contribution is 2.19. The maximum atomic E-state index is 12.3. The maximum Gasteiger partial charge on any atom is 0.242 e. The number of likely N-dealkylation sites (N-methyl/N-ethyl adjacent to an activating group) is 1. The quantitative estimate of drug-likeness (QED) is 0.765. The largest absolute Gasteiger partial charge is 0.378 e. The van der Waals surface area contributed by atoms with Gasteiger partial charge in [0.15, 0.2) is 0 Å². The van der Waals surface area contributed by atoms with Gasteiger partial charge >= 0.3 is 0 Å². The summed E-state index contributed by atoms with van der Waals surface area (Å²) in [6.45, 7) is 2.75. The number of amides is 2. The Morgan fingerprint density at radius 3 is 2.85 bits per heavy atom. The van der Waals surface area contributed by atoms with Crippen LogP contribution < -0.4 is 10.6 Å². The van der Waals surface area contributed by atoms with Crippen molar-refractivity contribution < 1.29 is 14.3 Å². The molecule has 2 amide bonds. The summed E-state index contributed by atoms with van der Waals surface area (Å²) in [6, 6.07) is -0.218. The lowest BCUT2D eigenvalue weighted by Crippen LogP contribution is -2.53. The molecule has 0 aromatic heterocycles. The van der Waals surface area contributed by atoms with E-state index in [2.05, 4.69) is 10.6 Å². The van der Waals surface area contributed by atoms with Crippen molar-refractivity contribution in [1.29, 1.82) is 0 Å². The monoisotopic (exact) mass is 305 g/mol. The van der Waals surface area contributed by atoms with Gasteiger partial charge in [0.1, 0.15) is 6.04 Å². The third-order valence-corrected chi connectivity index (χ3v) is 3.79. The number of halogens is 1. The number of hydrogen-bond acceptors (Lipinski definition) is 4. The van der Waals surface area contributed by atoms with Crippen LogP contribution in [0.5, 0.6) is 0 Å². The highest BCUT2D eigenvalue weighted by molar-refractivity contribution is 5.87. The first-order chi connectivity index (χ1) is 9.22. The van der Waals surface area contributed by atoms with Crippen LogP contribution in [0.25, 0.3) is 0 Å². The van der Waals surface area contributed by atoms with E-state index in [1.54, 1.807) is 11.9 Å². The predicted octanol–water partition coefficient (Wildman–Crippen LogP) is -0.0862.